The number of sulfonamides is 1. The van der Waals surface area contributed by atoms with Crippen molar-refractivity contribution in [3.63, 3.8) is 0 Å². The third-order valence-electron chi connectivity index (χ3n) is 4.51. The van der Waals surface area contributed by atoms with Crippen LogP contribution in [0.15, 0.2) is 83.9 Å². The SMILES string of the molecule is O=C(NCc1nnc2ccccn12)c1cccc(S(=O)(=O)NCc2ccccc2)c1. The van der Waals surface area contributed by atoms with Crippen LogP contribution in [0.2, 0.25) is 0 Å². The lowest BCUT2D eigenvalue weighted by Crippen LogP contribution is -2.26. The van der Waals surface area contributed by atoms with E-state index in [4.69, 9.17) is 0 Å². The summed E-state index contributed by atoms with van der Waals surface area (Å²) in [5, 5.41) is 10.9. The van der Waals surface area contributed by atoms with Crippen LogP contribution in [0.1, 0.15) is 21.7 Å². The Morgan fingerprint density at radius 2 is 1.70 bits per heavy atom. The molecule has 2 heterocycles. The van der Waals surface area contributed by atoms with Crippen LogP contribution in [-0.2, 0) is 23.1 Å². The van der Waals surface area contributed by atoms with Crippen molar-refractivity contribution in [3.8, 4) is 0 Å². The van der Waals surface area contributed by atoms with Gasteiger partial charge in [-0.2, -0.15) is 0 Å². The molecule has 2 N–H and O–H groups in total. The zero-order valence-electron chi connectivity index (χ0n) is 15.9. The third kappa shape index (κ3) is 4.37. The third-order valence-corrected chi connectivity index (χ3v) is 5.91. The van der Waals surface area contributed by atoms with Crippen molar-refractivity contribution in [1.82, 2.24) is 24.6 Å². The summed E-state index contributed by atoms with van der Waals surface area (Å²) >= 11 is 0. The van der Waals surface area contributed by atoms with Gasteiger partial charge in [0.25, 0.3) is 5.91 Å². The van der Waals surface area contributed by atoms with Crippen molar-refractivity contribution >= 4 is 21.6 Å². The first kappa shape index (κ1) is 19.7. The quantitative estimate of drug-likeness (QED) is 0.476. The van der Waals surface area contributed by atoms with Crippen LogP contribution in [0.25, 0.3) is 5.65 Å². The Labute approximate surface area is 173 Å². The lowest BCUT2D eigenvalue weighted by Gasteiger charge is -2.09. The van der Waals surface area contributed by atoms with E-state index in [2.05, 4.69) is 20.2 Å². The Balaban J connectivity index is 1.45. The molecule has 0 atom stereocenters. The maximum atomic E-state index is 12.6. The molecular formula is C21H19N5O3S. The fraction of sp³-hybridized carbons (Fsp3) is 0.0952. The molecular weight excluding hydrogens is 402 g/mol. The van der Waals surface area contributed by atoms with Gasteiger partial charge >= 0.3 is 0 Å². The van der Waals surface area contributed by atoms with E-state index in [0.29, 0.717) is 11.5 Å². The van der Waals surface area contributed by atoms with Crippen LogP contribution in [0.4, 0.5) is 0 Å². The summed E-state index contributed by atoms with van der Waals surface area (Å²) in [5.41, 5.74) is 1.77. The highest BCUT2D eigenvalue weighted by Gasteiger charge is 2.16. The van der Waals surface area contributed by atoms with Gasteiger partial charge in [-0.3, -0.25) is 9.20 Å². The summed E-state index contributed by atoms with van der Waals surface area (Å²) in [4.78, 5) is 12.6. The molecule has 0 radical (unpaired) electrons. The molecule has 0 aliphatic rings. The van der Waals surface area contributed by atoms with Crippen molar-refractivity contribution < 1.29 is 13.2 Å². The average Bonchev–Trinajstić information content (AvgIpc) is 3.20. The second-order valence-corrected chi connectivity index (χ2v) is 8.33. The summed E-state index contributed by atoms with van der Waals surface area (Å²) in [6.45, 7) is 0.326. The van der Waals surface area contributed by atoms with Gasteiger partial charge in [-0.1, -0.05) is 42.5 Å². The van der Waals surface area contributed by atoms with Crippen molar-refractivity contribution in [2.45, 2.75) is 18.0 Å². The number of aromatic nitrogens is 3. The molecule has 0 fully saturated rings. The molecule has 0 aliphatic heterocycles. The van der Waals surface area contributed by atoms with E-state index < -0.39 is 15.9 Å². The fourth-order valence-corrected chi connectivity index (χ4v) is 4.00. The standard InChI is InChI=1S/C21H19N5O3S/c27-21(22-15-20-25-24-19-11-4-5-12-26(19)20)17-9-6-10-18(13-17)30(28,29)23-14-16-7-2-1-3-8-16/h1-13,23H,14-15H2,(H,22,27). The summed E-state index contributed by atoms with van der Waals surface area (Å²) in [6, 6.07) is 20.6. The normalized spacial score (nSPS) is 11.5. The van der Waals surface area contributed by atoms with Crippen LogP contribution in [0, 0.1) is 0 Å². The molecule has 4 rings (SSSR count). The first-order valence-electron chi connectivity index (χ1n) is 9.23. The number of nitrogens with zero attached hydrogens (tertiary/aromatic N) is 3. The Hall–Kier alpha value is -3.56. The summed E-state index contributed by atoms with van der Waals surface area (Å²) < 4.78 is 29.5. The number of carbonyl (C=O) groups excluding carboxylic acids is 1. The molecule has 0 unspecified atom stereocenters. The van der Waals surface area contributed by atoms with Gasteiger partial charge in [-0.05, 0) is 35.9 Å². The molecule has 0 bridgehead atoms. The van der Waals surface area contributed by atoms with Crippen LogP contribution in [-0.4, -0.2) is 28.9 Å². The first-order valence-corrected chi connectivity index (χ1v) is 10.7. The molecule has 152 valence electrons. The highest BCUT2D eigenvalue weighted by atomic mass is 32.2. The predicted molar refractivity (Wildman–Crippen MR) is 111 cm³/mol. The number of nitrogens with one attached hydrogen (secondary N) is 2. The Morgan fingerprint density at radius 3 is 2.53 bits per heavy atom. The molecule has 9 heteroatoms. The van der Waals surface area contributed by atoms with Gasteiger partial charge in [0.1, 0.15) is 0 Å². The van der Waals surface area contributed by atoms with Gasteiger partial charge < -0.3 is 5.32 Å². The molecule has 2 aromatic heterocycles. The topological polar surface area (TPSA) is 105 Å². The Bertz CT molecular complexity index is 1290. The number of rotatable bonds is 7. The zero-order valence-corrected chi connectivity index (χ0v) is 16.7. The number of pyridine rings is 1. The van der Waals surface area contributed by atoms with Gasteiger partial charge in [-0.25, -0.2) is 13.1 Å². The van der Waals surface area contributed by atoms with E-state index in [1.807, 2.05) is 54.7 Å². The number of carbonyl (C=O) groups is 1. The number of hydrogen-bond donors (Lipinski definition) is 2. The van der Waals surface area contributed by atoms with E-state index >= 15 is 0 Å². The van der Waals surface area contributed by atoms with Crippen molar-refractivity contribution in [1.29, 1.82) is 0 Å². The number of amides is 1. The molecule has 1 amide bonds. The van der Waals surface area contributed by atoms with Gasteiger partial charge in [0.2, 0.25) is 10.0 Å². The summed E-state index contributed by atoms with van der Waals surface area (Å²) in [7, 11) is -3.76. The molecule has 2 aromatic carbocycles. The molecule has 8 nitrogen and oxygen atoms in total. The Morgan fingerprint density at radius 1 is 0.900 bits per heavy atom. The highest BCUT2D eigenvalue weighted by molar-refractivity contribution is 7.89. The zero-order chi connectivity index (χ0) is 21.0. The van der Waals surface area contributed by atoms with Crippen molar-refractivity contribution in [3.05, 3.63) is 95.9 Å². The first-order chi connectivity index (χ1) is 14.5. The lowest BCUT2D eigenvalue weighted by molar-refractivity contribution is 0.0949. The van der Waals surface area contributed by atoms with Crippen molar-refractivity contribution in [2.75, 3.05) is 0 Å². The second kappa shape index (κ2) is 8.44. The predicted octanol–water partition coefficient (Wildman–Crippen LogP) is 2.14. The Kier molecular flexibility index (Phi) is 5.55. The van der Waals surface area contributed by atoms with Crippen LogP contribution in [0.3, 0.4) is 0 Å². The minimum absolute atomic E-state index is 0.0269. The minimum Gasteiger partial charge on any atom is -0.345 e. The summed E-state index contributed by atoms with van der Waals surface area (Å²) in [6.07, 6.45) is 1.81. The van der Waals surface area contributed by atoms with Gasteiger partial charge in [0.05, 0.1) is 11.4 Å². The van der Waals surface area contributed by atoms with E-state index in [1.165, 1.54) is 12.1 Å². The molecule has 0 spiro atoms. The van der Waals surface area contributed by atoms with Gasteiger partial charge in [0, 0.05) is 18.3 Å². The second-order valence-electron chi connectivity index (χ2n) is 6.57. The smallest absolute Gasteiger partial charge is 0.251 e. The van der Waals surface area contributed by atoms with Crippen LogP contribution >= 0.6 is 0 Å². The van der Waals surface area contributed by atoms with E-state index in [0.717, 1.165) is 5.56 Å². The maximum absolute atomic E-state index is 12.6. The molecule has 0 saturated carbocycles. The largest absolute Gasteiger partial charge is 0.345 e. The number of hydrogen-bond acceptors (Lipinski definition) is 5. The van der Waals surface area contributed by atoms with E-state index in [-0.39, 0.29) is 23.5 Å². The monoisotopic (exact) mass is 421 g/mol. The number of benzene rings is 2. The van der Waals surface area contributed by atoms with Crippen molar-refractivity contribution in [2.24, 2.45) is 0 Å². The van der Waals surface area contributed by atoms with E-state index in [1.54, 1.807) is 16.5 Å². The molecule has 30 heavy (non-hydrogen) atoms. The highest BCUT2D eigenvalue weighted by Crippen LogP contribution is 2.13. The van der Waals surface area contributed by atoms with Gasteiger partial charge in [0.15, 0.2) is 11.5 Å². The molecule has 4 aromatic rings. The summed E-state index contributed by atoms with van der Waals surface area (Å²) in [5.74, 6) is 0.176. The molecule has 0 aliphatic carbocycles. The van der Waals surface area contributed by atoms with E-state index in [9.17, 15) is 13.2 Å². The minimum atomic E-state index is -3.76. The molecule has 0 saturated heterocycles. The maximum Gasteiger partial charge on any atom is 0.251 e. The lowest BCUT2D eigenvalue weighted by atomic mass is 10.2. The fourth-order valence-electron chi connectivity index (χ4n) is 2.93. The average molecular weight is 421 g/mol. The van der Waals surface area contributed by atoms with Gasteiger partial charge in [-0.15, -0.1) is 10.2 Å². The van der Waals surface area contributed by atoms with Crippen LogP contribution in [0.5, 0.6) is 0 Å². The van der Waals surface area contributed by atoms with Crippen LogP contribution < -0.4 is 10.0 Å². The number of fused-ring (bicyclic) bond motifs is 1.